The highest BCUT2D eigenvalue weighted by atomic mass is 16.5. The van der Waals surface area contributed by atoms with Gasteiger partial charge in [0, 0.05) is 56.1 Å². The van der Waals surface area contributed by atoms with Crippen LogP contribution in [-0.4, -0.2) is 75.5 Å². The van der Waals surface area contributed by atoms with Crippen LogP contribution >= 0.6 is 0 Å². The molecule has 33 heavy (non-hydrogen) atoms. The molecule has 1 saturated heterocycles. The minimum absolute atomic E-state index is 0.237. The Morgan fingerprint density at radius 2 is 1.97 bits per heavy atom. The third-order valence-electron chi connectivity index (χ3n) is 6.05. The van der Waals surface area contributed by atoms with E-state index in [1.54, 1.807) is 17.8 Å². The van der Waals surface area contributed by atoms with E-state index in [1.165, 1.54) is 0 Å². The molecule has 1 aliphatic rings. The number of fused-ring (bicyclic) bond motifs is 2. The van der Waals surface area contributed by atoms with Gasteiger partial charge in [-0.1, -0.05) is 0 Å². The molecule has 4 heterocycles. The second-order valence-electron chi connectivity index (χ2n) is 8.67. The van der Waals surface area contributed by atoms with Gasteiger partial charge in [0.1, 0.15) is 17.1 Å². The number of benzene rings is 1. The zero-order valence-electron chi connectivity index (χ0n) is 19.3. The van der Waals surface area contributed by atoms with Crippen molar-refractivity contribution < 1.29 is 9.53 Å². The average Bonchev–Trinajstić information content (AvgIpc) is 3.42. The van der Waals surface area contributed by atoms with Gasteiger partial charge in [-0.15, -0.1) is 0 Å². The van der Waals surface area contributed by atoms with E-state index in [-0.39, 0.29) is 11.9 Å². The third kappa shape index (κ3) is 3.97. The number of rotatable bonds is 5. The number of nitrogens with one attached hydrogen (secondary N) is 1. The van der Waals surface area contributed by atoms with Gasteiger partial charge in [-0.2, -0.15) is 10.2 Å². The molecule has 4 aromatic rings. The maximum absolute atomic E-state index is 13.2. The maximum atomic E-state index is 13.2. The number of hydrogen-bond donors (Lipinski definition) is 1. The van der Waals surface area contributed by atoms with Gasteiger partial charge in [0.05, 0.1) is 24.5 Å². The molecule has 1 aromatic carbocycles. The molecule has 1 N–H and O–H groups in total. The quantitative estimate of drug-likeness (QED) is 0.502. The van der Waals surface area contributed by atoms with Crippen molar-refractivity contribution in [3.05, 3.63) is 42.4 Å². The van der Waals surface area contributed by atoms with Crippen molar-refractivity contribution in [2.45, 2.75) is 19.9 Å². The van der Waals surface area contributed by atoms with Crippen molar-refractivity contribution in [1.29, 1.82) is 0 Å². The van der Waals surface area contributed by atoms with Crippen molar-refractivity contribution in [3.63, 3.8) is 0 Å². The first-order chi connectivity index (χ1) is 15.9. The van der Waals surface area contributed by atoms with Gasteiger partial charge in [-0.25, -0.2) is 9.50 Å². The number of likely N-dealkylation sites (N-methyl/N-ethyl adjacent to an activating group) is 1. The number of methoxy groups -OCH3 is 1. The Morgan fingerprint density at radius 3 is 2.70 bits per heavy atom. The summed E-state index contributed by atoms with van der Waals surface area (Å²) in [7, 11) is 3.70. The summed E-state index contributed by atoms with van der Waals surface area (Å²) >= 11 is 0. The molecule has 1 fully saturated rings. The molecule has 10 heteroatoms. The van der Waals surface area contributed by atoms with Crippen LogP contribution < -0.4 is 15.0 Å². The lowest BCUT2D eigenvalue weighted by Crippen LogP contribution is -2.44. The summed E-state index contributed by atoms with van der Waals surface area (Å²) in [4.78, 5) is 22.5. The van der Waals surface area contributed by atoms with E-state index in [9.17, 15) is 4.79 Å². The van der Waals surface area contributed by atoms with E-state index in [1.807, 2.05) is 35.3 Å². The summed E-state index contributed by atoms with van der Waals surface area (Å²) in [6.45, 7) is 7.90. The number of amides is 1. The van der Waals surface area contributed by atoms with Crippen LogP contribution in [-0.2, 0) is 0 Å². The van der Waals surface area contributed by atoms with E-state index in [4.69, 9.17) is 9.72 Å². The summed E-state index contributed by atoms with van der Waals surface area (Å²) in [6, 6.07) is 5.90. The van der Waals surface area contributed by atoms with Crippen LogP contribution in [0.3, 0.4) is 0 Å². The molecule has 0 aliphatic carbocycles. The number of ether oxygens (including phenoxy) is 1. The maximum Gasteiger partial charge on any atom is 0.261 e. The fourth-order valence-corrected chi connectivity index (χ4v) is 4.02. The second-order valence-corrected chi connectivity index (χ2v) is 8.67. The van der Waals surface area contributed by atoms with Gasteiger partial charge in [-0.3, -0.25) is 9.48 Å². The highest BCUT2D eigenvalue weighted by molar-refractivity contribution is 6.09. The topological polar surface area (TPSA) is 92.8 Å². The Balaban J connectivity index is 1.45. The summed E-state index contributed by atoms with van der Waals surface area (Å²) in [5.41, 5.74) is 2.32. The molecule has 0 unspecified atom stereocenters. The highest BCUT2D eigenvalue weighted by Crippen LogP contribution is 2.31. The average molecular weight is 449 g/mol. The molecule has 0 spiro atoms. The molecule has 5 rings (SSSR count). The Kier molecular flexibility index (Phi) is 5.37. The summed E-state index contributed by atoms with van der Waals surface area (Å²) in [6.07, 6.45) is 5.36. The summed E-state index contributed by atoms with van der Waals surface area (Å²) in [5.74, 6) is 1.11. The number of hydrogen-bond acceptors (Lipinski definition) is 7. The minimum atomic E-state index is -0.290. The number of piperazine rings is 1. The molecule has 172 valence electrons. The highest BCUT2D eigenvalue weighted by Gasteiger charge is 2.20. The molecule has 3 aromatic heterocycles. The Hall–Kier alpha value is -3.66. The molecule has 0 atom stereocenters. The predicted molar refractivity (Wildman–Crippen MR) is 127 cm³/mol. The van der Waals surface area contributed by atoms with E-state index < -0.39 is 0 Å². The van der Waals surface area contributed by atoms with Crippen LogP contribution in [0.4, 0.5) is 11.5 Å². The lowest BCUT2D eigenvalue weighted by atomic mass is 10.2. The van der Waals surface area contributed by atoms with Gasteiger partial charge in [-0.05, 0) is 33.0 Å². The lowest BCUT2D eigenvalue weighted by molar-refractivity contribution is 0.102. The van der Waals surface area contributed by atoms with Gasteiger partial charge in [0.2, 0.25) is 0 Å². The van der Waals surface area contributed by atoms with E-state index >= 15 is 0 Å². The molecule has 0 saturated carbocycles. The second kappa shape index (κ2) is 8.36. The number of carbonyl (C=O) groups excluding carboxylic acids is 1. The fourth-order valence-electron chi connectivity index (χ4n) is 4.02. The molecular weight excluding hydrogens is 420 g/mol. The summed E-state index contributed by atoms with van der Waals surface area (Å²) < 4.78 is 9.05. The zero-order chi connectivity index (χ0) is 23.1. The van der Waals surface area contributed by atoms with Crippen LogP contribution in [0.1, 0.15) is 30.2 Å². The molecule has 10 nitrogen and oxygen atoms in total. The van der Waals surface area contributed by atoms with Crippen molar-refractivity contribution in [2.75, 3.05) is 50.6 Å². The van der Waals surface area contributed by atoms with Gasteiger partial charge < -0.3 is 19.9 Å². The lowest BCUT2D eigenvalue weighted by Gasteiger charge is -2.33. The minimum Gasteiger partial charge on any atom is -0.494 e. The van der Waals surface area contributed by atoms with Crippen molar-refractivity contribution >= 4 is 34.0 Å². The third-order valence-corrected chi connectivity index (χ3v) is 6.05. The predicted octanol–water partition coefficient (Wildman–Crippen LogP) is 2.67. The molecule has 0 radical (unpaired) electrons. The van der Waals surface area contributed by atoms with Crippen molar-refractivity contribution in [3.8, 4) is 5.75 Å². The van der Waals surface area contributed by atoms with Crippen molar-refractivity contribution in [1.82, 2.24) is 29.3 Å². The SMILES string of the molecule is COc1cc2nn(C(C)C)cc2cc1NC(=O)c1cnn2ccc(N3CCN(C)CC3)nc12. The van der Waals surface area contributed by atoms with Crippen LogP contribution in [0, 0.1) is 0 Å². The van der Waals surface area contributed by atoms with E-state index in [0.717, 1.165) is 42.9 Å². The van der Waals surface area contributed by atoms with Gasteiger partial charge in [0.15, 0.2) is 5.65 Å². The number of anilines is 2. The van der Waals surface area contributed by atoms with E-state index in [2.05, 4.69) is 46.2 Å². The first-order valence-corrected chi connectivity index (χ1v) is 11.1. The van der Waals surface area contributed by atoms with E-state index in [0.29, 0.717) is 22.6 Å². The fraction of sp³-hybridized carbons (Fsp3) is 0.391. The Labute approximate surface area is 191 Å². The Bertz CT molecular complexity index is 1320. The largest absolute Gasteiger partial charge is 0.494 e. The molecule has 0 bridgehead atoms. The van der Waals surface area contributed by atoms with Crippen LogP contribution in [0.2, 0.25) is 0 Å². The molecule has 1 aliphatic heterocycles. The number of carbonyl (C=O) groups is 1. The van der Waals surface area contributed by atoms with Gasteiger partial charge in [0.25, 0.3) is 5.91 Å². The van der Waals surface area contributed by atoms with Crippen LogP contribution in [0.5, 0.6) is 5.75 Å². The Morgan fingerprint density at radius 1 is 1.18 bits per heavy atom. The van der Waals surface area contributed by atoms with Crippen molar-refractivity contribution in [2.24, 2.45) is 0 Å². The smallest absolute Gasteiger partial charge is 0.261 e. The normalized spacial score (nSPS) is 15.0. The van der Waals surface area contributed by atoms with Crippen LogP contribution in [0.15, 0.2) is 36.8 Å². The molecular formula is C23H28N8O2. The monoisotopic (exact) mass is 448 g/mol. The number of nitrogens with zero attached hydrogens (tertiary/aromatic N) is 7. The molecule has 1 amide bonds. The first-order valence-electron chi connectivity index (χ1n) is 11.1. The summed E-state index contributed by atoms with van der Waals surface area (Å²) in [5, 5.41) is 12.8. The van der Waals surface area contributed by atoms with Crippen LogP contribution in [0.25, 0.3) is 16.6 Å². The first kappa shape index (κ1) is 21.2. The zero-order valence-corrected chi connectivity index (χ0v) is 19.3. The standard InChI is InChI=1S/C23H28N8O2/c1-15(2)31-14-16-11-19(20(33-4)12-18(16)27-31)25-23(32)17-13-24-30-6-5-21(26-22(17)30)29-9-7-28(3)8-10-29/h5-6,11-15H,7-10H2,1-4H3,(H,25,32). The number of aromatic nitrogens is 5. The van der Waals surface area contributed by atoms with Gasteiger partial charge >= 0.3 is 0 Å².